The first-order chi connectivity index (χ1) is 19.4. The van der Waals surface area contributed by atoms with Gasteiger partial charge in [0.2, 0.25) is 11.9 Å². The molecule has 0 unspecified atom stereocenters. The molecule has 40 heavy (non-hydrogen) atoms. The second-order valence-electron chi connectivity index (χ2n) is 9.32. The van der Waals surface area contributed by atoms with E-state index in [9.17, 15) is 9.18 Å². The Morgan fingerprint density at radius 2 is 2.02 bits per heavy atom. The lowest BCUT2D eigenvalue weighted by molar-refractivity contribution is 0.257. The lowest BCUT2D eigenvalue weighted by Gasteiger charge is -2.36. The largest absolute Gasteiger partial charge is 0.484 e. The molecule has 0 radical (unpaired) electrons. The minimum absolute atomic E-state index is 0.0788. The fourth-order valence-electron chi connectivity index (χ4n) is 4.52. The van der Waals surface area contributed by atoms with Crippen LogP contribution < -0.4 is 26.0 Å². The smallest absolute Gasteiger partial charge is 0.434 e. The van der Waals surface area contributed by atoms with Gasteiger partial charge in [0, 0.05) is 58.4 Å². The number of anilines is 3. The number of hydrogen-bond acceptors (Lipinski definition) is 12. The molecule has 0 spiro atoms. The van der Waals surface area contributed by atoms with E-state index in [1.165, 1.54) is 10.6 Å². The second kappa shape index (κ2) is 10.7. The Morgan fingerprint density at radius 1 is 1.18 bits per heavy atom. The van der Waals surface area contributed by atoms with E-state index in [1.807, 2.05) is 29.0 Å². The van der Waals surface area contributed by atoms with E-state index < -0.39 is 5.76 Å². The van der Waals surface area contributed by atoms with Crippen molar-refractivity contribution in [3.05, 3.63) is 64.9 Å². The zero-order chi connectivity index (χ0) is 27.6. The summed E-state index contributed by atoms with van der Waals surface area (Å²) in [6.07, 6.45) is 1.59. The normalized spacial score (nSPS) is 14.2. The molecule has 0 saturated carbocycles. The van der Waals surface area contributed by atoms with Gasteiger partial charge in [-0.3, -0.25) is 4.90 Å². The number of nitrogen functional groups attached to an aromatic ring is 1. The van der Waals surface area contributed by atoms with Crippen molar-refractivity contribution in [2.45, 2.75) is 6.61 Å². The third-order valence-electron chi connectivity index (χ3n) is 6.68. The van der Waals surface area contributed by atoms with Gasteiger partial charge in [0.15, 0.2) is 18.0 Å². The number of nitrogens with one attached hydrogen (secondary N) is 1. The number of benzene rings is 1. The molecule has 4 aromatic heterocycles. The van der Waals surface area contributed by atoms with Gasteiger partial charge in [-0.2, -0.15) is 19.6 Å². The van der Waals surface area contributed by atoms with Crippen LogP contribution in [0.5, 0.6) is 5.75 Å². The Balaban J connectivity index is 1.01. The third-order valence-corrected chi connectivity index (χ3v) is 6.68. The van der Waals surface area contributed by atoms with Crippen molar-refractivity contribution in [1.29, 1.82) is 0 Å². The highest BCUT2D eigenvalue weighted by atomic mass is 19.1. The van der Waals surface area contributed by atoms with Gasteiger partial charge >= 0.3 is 5.76 Å². The fourth-order valence-corrected chi connectivity index (χ4v) is 4.52. The highest BCUT2D eigenvalue weighted by Gasteiger charge is 2.21. The van der Waals surface area contributed by atoms with E-state index in [-0.39, 0.29) is 24.3 Å². The maximum Gasteiger partial charge on any atom is 0.434 e. The van der Waals surface area contributed by atoms with E-state index in [4.69, 9.17) is 19.3 Å². The number of fused-ring (bicyclic) bond motifs is 1. The van der Waals surface area contributed by atoms with Gasteiger partial charge in [-0.05, 0) is 24.3 Å². The maximum absolute atomic E-state index is 14.9. The SMILES string of the molecule is CN(CCN1CCN(c2ccc(OCc3n[nH]c(=O)o3)cc2F)CC1)c1nc(N)n2nc(-c3ccco3)cc2n1. The van der Waals surface area contributed by atoms with Gasteiger partial charge in [-0.25, -0.2) is 14.3 Å². The van der Waals surface area contributed by atoms with Crippen LogP contribution in [0, 0.1) is 5.82 Å². The van der Waals surface area contributed by atoms with E-state index in [2.05, 4.69) is 30.2 Å². The molecule has 0 aliphatic carbocycles. The van der Waals surface area contributed by atoms with Gasteiger partial charge in [0.1, 0.15) is 17.3 Å². The number of aromatic nitrogens is 6. The van der Waals surface area contributed by atoms with Crippen LogP contribution in [-0.2, 0) is 6.61 Å². The quantitative estimate of drug-likeness (QED) is 0.273. The molecule has 14 nitrogen and oxygen atoms in total. The van der Waals surface area contributed by atoms with Crippen molar-refractivity contribution in [3.63, 3.8) is 0 Å². The summed E-state index contributed by atoms with van der Waals surface area (Å²) in [6, 6.07) is 10.1. The lowest BCUT2D eigenvalue weighted by Crippen LogP contribution is -2.48. The molecule has 1 aliphatic rings. The van der Waals surface area contributed by atoms with Gasteiger partial charge in [-0.15, -0.1) is 5.10 Å². The first-order valence-electron chi connectivity index (χ1n) is 12.7. The van der Waals surface area contributed by atoms with E-state index in [0.29, 0.717) is 54.1 Å². The average Bonchev–Trinajstić information content (AvgIpc) is 3.72. The van der Waals surface area contributed by atoms with Crippen LogP contribution in [0.1, 0.15) is 5.89 Å². The van der Waals surface area contributed by atoms with Crippen LogP contribution in [0.4, 0.5) is 22.0 Å². The van der Waals surface area contributed by atoms with Crippen LogP contribution in [0.3, 0.4) is 0 Å². The van der Waals surface area contributed by atoms with E-state index in [0.717, 1.165) is 19.6 Å². The molecule has 5 heterocycles. The van der Waals surface area contributed by atoms with Gasteiger partial charge in [-0.1, -0.05) is 0 Å². The zero-order valence-electron chi connectivity index (χ0n) is 21.7. The van der Waals surface area contributed by atoms with Gasteiger partial charge in [0.05, 0.1) is 12.0 Å². The number of nitrogens with two attached hydrogens (primary N) is 1. The Kier molecular flexibility index (Phi) is 6.77. The maximum atomic E-state index is 14.9. The van der Waals surface area contributed by atoms with Crippen molar-refractivity contribution >= 4 is 23.2 Å². The zero-order valence-corrected chi connectivity index (χ0v) is 21.7. The number of piperazine rings is 1. The standard InChI is InChI=1S/C25H27FN10O4/c1-33(24-28-21-14-18(20-3-2-12-38-20)32-36(21)23(27)29-24)6-7-34-8-10-35(11-9-34)19-5-4-16(13-17(19)26)39-15-22-30-31-25(37)40-22/h2-5,12-14H,6-11,15H2,1H3,(H,31,37)(H2,27,28,29). The van der Waals surface area contributed by atoms with Crippen molar-refractivity contribution in [2.24, 2.45) is 0 Å². The minimum atomic E-state index is -0.667. The average molecular weight is 551 g/mol. The highest BCUT2D eigenvalue weighted by molar-refractivity contribution is 5.61. The molecular weight excluding hydrogens is 523 g/mol. The molecule has 1 saturated heterocycles. The third kappa shape index (κ3) is 5.31. The molecule has 6 rings (SSSR count). The van der Waals surface area contributed by atoms with E-state index in [1.54, 1.807) is 24.5 Å². The first-order valence-corrected chi connectivity index (χ1v) is 12.7. The van der Waals surface area contributed by atoms with Crippen molar-refractivity contribution in [2.75, 3.05) is 61.8 Å². The molecule has 208 valence electrons. The van der Waals surface area contributed by atoms with Gasteiger partial charge in [0.25, 0.3) is 5.89 Å². The molecule has 1 aliphatic heterocycles. The number of likely N-dealkylation sites (N-methyl/N-ethyl adjacent to an activating group) is 1. The summed E-state index contributed by atoms with van der Waals surface area (Å²) in [5.41, 5.74) is 7.89. The number of H-pyrrole nitrogens is 1. The molecule has 1 fully saturated rings. The first kappa shape index (κ1) is 25.4. The van der Waals surface area contributed by atoms with Crippen molar-refractivity contribution in [3.8, 4) is 17.2 Å². The number of halogens is 1. The minimum Gasteiger partial charge on any atom is -0.484 e. The van der Waals surface area contributed by atoms with Crippen LogP contribution in [0.25, 0.3) is 17.1 Å². The Labute approximate surface area is 226 Å². The Hall–Kier alpha value is -4.92. The molecular formula is C25H27FN10O4. The van der Waals surface area contributed by atoms with Crippen LogP contribution in [-0.4, -0.2) is 81.0 Å². The lowest BCUT2D eigenvalue weighted by atomic mass is 10.2. The van der Waals surface area contributed by atoms with Crippen LogP contribution in [0.15, 0.2) is 56.3 Å². The predicted octanol–water partition coefficient (Wildman–Crippen LogP) is 1.62. The van der Waals surface area contributed by atoms with Crippen LogP contribution in [0.2, 0.25) is 0 Å². The Morgan fingerprint density at radius 3 is 2.75 bits per heavy atom. The molecule has 0 amide bonds. The summed E-state index contributed by atoms with van der Waals surface area (Å²) in [7, 11) is 1.92. The number of furan rings is 1. The van der Waals surface area contributed by atoms with Crippen molar-refractivity contribution in [1.82, 2.24) is 34.7 Å². The topological polar surface area (TPSA) is 160 Å². The fraction of sp³-hybridized carbons (Fsp3) is 0.320. The monoisotopic (exact) mass is 550 g/mol. The summed E-state index contributed by atoms with van der Waals surface area (Å²) in [4.78, 5) is 26.3. The molecule has 0 atom stereocenters. The molecule has 5 aromatic rings. The van der Waals surface area contributed by atoms with Gasteiger partial charge < -0.3 is 29.1 Å². The summed E-state index contributed by atoms with van der Waals surface area (Å²) in [5, 5.41) is 10.2. The number of aromatic amines is 1. The number of ether oxygens (including phenoxy) is 1. The molecule has 0 bridgehead atoms. The molecule has 15 heteroatoms. The summed E-state index contributed by atoms with van der Waals surface area (Å²) < 4.78 is 32.0. The Bertz CT molecular complexity index is 1660. The second-order valence-corrected chi connectivity index (χ2v) is 9.32. The van der Waals surface area contributed by atoms with E-state index >= 15 is 0 Å². The number of hydrogen-bond donors (Lipinski definition) is 2. The molecule has 3 N–H and O–H groups in total. The summed E-state index contributed by atoms with van der Waals surface area (Å²) in [6.45, 7) is 4.31. The summed E-state index contributed by atoms with van der Waals surface area (Å²) >= 11 is 0. The molecule has 1 aromatic carbocycles. The van der Waals surface area contributed by atoms with Crippen LogP contribution >= 0.6 is 0 Å². The predicted molar refractivity (Wildman–Crippen MR) is 143 cm³/mol. The highest BCUT2D eigenvalue weighted by Crippen LogP contribution is 2.26. The number of nitrogens with zero attached hydrogens (tertiary/aromatic N) is 8. The number of rotatable bonds is 9. The van der Waals surface area contributed by atoms with Crippen molar-refractivity contribution < 1.29 is 18.0 Å². The summed E-state index contributed by atoms with van der Waals surface area (Å²) in [5.74, 6) is 0.743.